The topological polar surface area (TPSA) is 88.1 Å². The molecule has 0 unspecified atom stereocenters. The molecule has 4 aliphatic rings. The molecule has 172 valence electrons. The second kappa shape index (κ2) is 8.00. The molecular weight excluding hydrogens is 400 g/mol. The second-order valence-electron chi connectivity index (χ2n) is 10.2. The van der Waals surface area contributed by atoms with Crippen molar-refractivity contribution in [2.24, 2.45) is 29.6 Å². The van der Waals surface area contributed by atoms with Crippen LogP contribution in [0.2, 0.25) is 0 Å². The molecule has 1 aliphatic carbocycles. The van der Waals surface area contributed by atoms with Crippen molar-refractivity contribution in [3.05, 3.63) is 12.2 Å². The first-order valence-corrected chi connectivity index (χ1v) is 11.4. The number of fused-ring (bicyclic) bond motifs is 2. The lowest BCUT2D eigenvalue weighted by Crippen LogP contribution is -2.57. The van der Waals surface area contributed by atoms with Gasteiger partial charge in [-0.15, -0.1) is 0 Å². The zero-order valence-electron chi connectivity index (χ0n) is 19.1. The van der Waals surface area contributed by atoms with Gasteiger partial charge in [0.2, 0.25) is 0 Å². The number of carbonyl (C=O) groups is 3. The molecule has 2 bridgehead atoms. The highest BCUT2D eigenvalue weighted by Crippen LogP contribution is 2.57. The fraction of sp³-hybridized carbons (Fsp3) is 0.792. The summed E-state index contributed by atoms with van der Waals surface area (Å²) in [4.78, 5) is 36.9. The normalized spacial score (nSPS) is 46.9. The number of carbonyl (C=O) groups excluding carboxylic acids is 3. The molecule has 4 rings (SSSR count). The van der Waals surface area contributed by atoms with E-state index in [0.29, 0.717) is 24.5 Å². The Labute approximate surface area is 183 Å². The standard InChI is InChI=1S/C24H34O7/c1-11-8-18-21-20-16(7-12(2)22(21)30-15(5)26)13(3)10-28-24(6,23(20)31-18)19(9-17(11)27)29-14(4)25/h12-13,16,18-23H,1,7-10H2,2-6H3/t12-,13+,16+,18+,19-,20+,21+,22-,23+,24+/m1/s1. The lowest BCUT2D eigenvalue weighted by Gasteiger charge is -2.47. The molecule has 3 saturated heterocycles. The van der Waals surface area contributed by atoms with Crippen LogP contribution in [0.1, 0.15) is 53.9 Å². The lowest BCUT2D eigenvalue weighted by molar-refractivity contribution is -0.201. The van der Waals surface area contributed by atoms with Gasteiger partial charge in [0.05, 0.1) is 25.2 Å². The summed E-state index contributed by atoms with van der Waals surface area (Å²) in [6.45, 7) is 13.5. The third-order valence-electron chi connectivity index (χ3n) is 8.04. The number of rotatable bonds is 2. The fourth-order valence-corrected chi connectivity index (χ4v) is 6.58. The van der Waals surface area contributed by atoms with Crippen LogP contribution < -0.4 is 0 Å². The Balaban J connectivity index is 1.84. The average molecular weight is 435 g/mol. The Bertz CT molecular complexity index is 791. The predicted molar refractivity (Wildman–Crippen MR) is 111 cm³/mol. The highest BCUT2D eigenvalue weighted by atomic mass is 16.6. The van der Waals surface area contributed by atoms with Crippen molar-refractivity contribution in [1.29, 1.82) is 0 Å². The largest absolute Gasteiger partial charge is 0.462 e. The van der Waals surface area contributed by atoms with Gasteiger partial charge in [0.1, 0.15) is 17.8 Å². The third-order valence-corrected chi connectivity index (χ3v) is 8.04. The minimum Gasteiger partial charge on any atom is -0.462 e. The molecule has 3 aliphatic heterocycles. The first-order chi connectivity index (χ1) is 14.5. The Kier molecular flexibility index (Phi) is 5.80. The van der Waals surface area contributed by atoms with Crippen molar-refractivity contribution in [2.75, 3.05) is 6.61 Å². The van der Waals surface area contributed by atoms with Gasteiger partial charge in [-0.05, 0) is 36.7 Å². The van der Waals surface area contributed by atoms with Gasteiger partial charge in [-0.25, -0.2) is 0 Å². The highest BCUT2D eigenvalue weighted by molar-refractivity contribution is 5.95. The van der Waals surface area contributed by atoms with Crippen LogP contribution in [0, 0.1) is 29.6 Å². The van der Waals surface area contributed by atoms with Gasteiger partial charge in [-0.2, -0.15) is 0 Å². The fourth-order valence-electron chi connectivity index (χ4n) is 6.58. The summed E-state index contributed by atoms with van der Waals surface area (Å²) in [5, 5.41) is 0. The van der Waals surface area contributed by atoms with Crippen LogP contribution in [-0.2, 0) is 33.3 Å². The van der Waals surface area contributed by atoms with E-state index >= 15 is 0 Å². The zero-order valence-corrected chi connectivity index (χ0v) is 19.1. The molecule has 3 heterocycles. The first kappa shape index (κ1) is 22.5. The van der Waals surface area contributed by atoms with Crippen LogP contribution in [-0.4, -0.2) is 54.3 Å². The number of ether oxygens (including phenoxy) is 4. The second-order valence-corrected chi connectivity index (χ2v) is 10.2. The van der Waals surface area contributed by atoms with Gasteiger partial charge in [0, 0.05) is 32.1 Å². The molecule has 0 amide bonds. The first-order valence-electron chi connectivity index (χ1n) is 11.4. The molecule has 0 radical (unpaired) electrons. The highest BCUT2D eigenvalue weighted by Gasteiger charge is 2.65. The molecule has 1 saturated carbocycles. The van der Waals surface area contributed by atoms with Gasteiger partial charge in [-0.3, -0.25) is 14.4 Å². The predicted octanol–water partition coefficient (Wildman–Crippen LogP) is 2.85. The zero-order chi connectivity index (χ0) is 22.7. The minimum atomic E-state index is -0.978. The van der Waals surface area contributed by atoms with Crippen LogP contribution in [0.4, 0.5) is 0 Å². The van der Waals surface area contributed by atoms with E-state index in [1.54, 1.807) is 0 Å². The number of hydrogen-bond acceptors (Lipinski definition) is 7. The van der Waals surface area contributed by atoms with Crippen molar-refractivity contribution >= 4 is 17.7 Å². The molecule has 4 fully saturated rings. The Morgan fingerprint density at radius 3 is 2.39 bits per heavy atom. The Morgan fingerprint density at radius 1 is 1.06 bits per heavy atom. The van der Waals surface area contributed by atoms with Gasteiger partial charge in [-0.1, -0.05) is 20.4 Å². The van der Waals surface area contributed by atoms with E-state index in [-0.39, 0.29) is 60.2 Å². The number of Topliss-reactive ketones (excluding diaryl/α,β-unsaturated/α-hetero) is 1. The van der Waals surface area contributed by atoms with E-state index < -0.39 is 17.7 Å². The van der Waals surface area contributed by atoms with Crippen molar-refractivity contribution < 1.29 is 33.3 Å². The molecule has 10 atom stereocenters. The van der Waals surface area contributed by atoms with Gasteiger partial charge in [0.15, 0.2) is 5.78 Å². The average Bonchev–Trinajstić information content (AvgIpc) is 3.02. The summed E-state index contributed by atoms with van der Waals surface area (Å²) in [5.74, 6) is -0.143. The summed E-state index contributed by atoms with van der Waals surface area (Å²) < 4.78 is 24.6. The van der Waals surface area contributed by atoms with Gasteiger partial charge >= 0.3 is 11.9 Å². The number of esters is 2. The lowest BCUT2D eigenvalue weighted by atomic mass is 9.59. The molecule has 0 aromatic rings. The van der Waals surface area contributed by atoms with E-state index in [4.69, 9.17) is 18.9 Å². The monoisotopic (exact) mass is 434 g/mol. The maximum absolute atomic E-state index is 13.0. The molecule has 7 nitrogen and oxygen atoms in total. The smallest absolute Gasteiger partial charge is 0.303 e. The molecule has 0 spiro atoms. The minimum absolute atomic E-state index is 0.0295. The van der Waals surface area contributed by atoms with E-state index in [1.165, 1.54) is 13.8 Å². The van der Waals surface area contributed by atoms with Crippen LogP contribution >= 0.6 is 0 Å². The quantitative estimate of drug-likeness (QED) is 0.488. The Hall–Kier alpha value is -1.73. The molecule has 0 aromatic heterocycles. The summed E-state index contributed by atoms with van der Waals surface area (Å²) in [6, 6.07) is 0. The van der Waals surface area contributed by atoms with Crippen molar-refractivity contribution in [3.8, 4) is 0 Å². The van der Waals surface area contributed by atoms with Crippen LogP contribution in [0.3, 0.4) is 0 Å². The van der Waals surface area contributed by atoms with Gasteiger partial charge < -0.3 is 18.9 Å². The van der Waals surface area contributed by atoms with Gasteiger partial charge in [0.25, 0.3) is 0 Å². The van der Waals surface area contributed by atoms with Crippen molar-refractivity contribution in [3.63, 3.8) is 0 Å². The van der Waals surface area contributed by atoms with Crippen LogP contribution in [0.5, 0.6) is 0 Å². The van der Waals surface area contributed by atoms with Crippen molar-refractivity contribution in [1.82, 2.24) is 0 Å². The molecule has 0 aromatic carbocycles. The maximum atomic E-state index is 13.0. The SMILES string of the molecule is C=C1C[C@@H]2O[C@H]3[C@H]4[C@@H](C[C@@H](C)[C@@H](OC(C)=O)[C@H]42)[C@@H](C)CO[C@@]3(C)[C@H](OC(C)=O)CC1=O. The molecule has 0 N–H and O–H groups in total. The van der Waals surface area contributed by atoms with E-state index in [9.17, 15) is 14.4 Å². The molecule has 31 heavy (non-hydrogen) atoms. The Morgan fingerprint density at radius 2 is 1.74 bits per heavy atom. The van der Waals surface area contributed by atoms with E-state index in [1.807, 2.05) is 6.92 Å². The summed E-state index contributed by atoms with van der Waals surface area (Å²) in [7, 11) is 0. The summed E-state index contributed by atoms with van der Waals surface area (Å²) in [6.07, 6.45) is -0.416. The molecule has 7 heteroatoms. The number of hydrogen-bond donors (Lipinski definition) is 0. The summed E-state index contributed by atoms with van der Waals surface area (Å²) >= 11 is 0. The van der Waals surface area contributed by atoms with Crippen LogP contribution in [0.15, 0.2) is 12.2 Å². The van der Waals surface area contributed by atoms with Crippen LogP contribution in [0.25, 0.3) is 0 Å². The molecular formula is C24H34O7. The maximum Gasteiger partial charge on any atom is 0.303 e. The van der Waals surface area contributed by atoms with E-state index in [0.717, 1.165) is 6.42 Å². The van der Waals surface area contributed by atoms with E-state index in [2.05, 4.69) is 20.4 Å². The number of ketones is 1. The summed E-state index contributed by atoms with van der Waals surface area (Å²) in [5.41, 5.74) is -0.525. The third kappa shape index (κ3) is 3.74. The van der Waals surface area contributed by atoms with Crippen molar-refractivity contribution in [2.45, 2.75) is 83.9 Å².